The lowest BCUT2D eigenvalue weighted by molar-refractivity contribution is 0.0471. The highest BCUT2D eigenvalue weighted by molar-refractivity contribution is 5.85. The maximum absolute atomic E-state index is 5.70. The van der Waals surface area contributed by atoms with Crippen LogP contribution in [0.25, 0.3) is 0 Å². The topological polar surface area (TPSA) is 38.5 Å². The van der Waals surface area contributed by atoms with Gasteiger partial charge in [0.2, 0.25) is 0 Å². The Morgan fingerprint density at radius 1 is 1.00 bits per heavy atom. The molecule has 2 rings (SSSR count). The van der Waals surface area contributed by atoms with Crippen molar-refractivity contribution in [1.29, 1.82) is 0 Å². The first-order valence-electron chi connectivity index (χ1n) is 6.38. The third kappa shape index (κ3) is 4.21. The Labute approximate surface area is 105 Å². The average Bonchev–Trinajstić information content (AvgIpc) is 2.31. The lowest BCUT2D eigenvalue weighted by Gasteiger charge is -2.34. The van der Waals surface area contributed by atoms with Crippen LogP contribution in [0.4, 0.5) is 0 Å². The monoisotopic (exact) mass is 248 g/mol. The quantitative estimate of drug-likeness (QED) is 0.823. The molecule has 2 aliphatic heterocycles. The largest absolute Gasteiger partial charge is 0.381 e. The van der Waals surface area contributed by atoms with E-state index >= 15 is 0 Å². The van der Waals surface area contributed by atoms with E-state index in [1.54, 1.807) is 0 Å². The molecule has 16 heavy (non-hydrogen) atoms. The van der Waals surface area contributed by atoms with E-state index in [1.807, 2.05) is 0 Å². The number of hydrogen-bond donors (Lipinski definition) is 1. The molecule has 0 bridgehead atoms. The first-order chi connectivity index (χ1) is 7.38. The Bertz CT molecular complexity index is 178. The summed E-state index contributed by atoms with van der Waals surface area (Å²) in [6.07, 6.45) is 5.13. The van der Waals surface area contributed by atoms with E-state index in [0.717, 1.165) is 31.6 Å². The summed E-state index contributed by atoms with van der Waals surface area (Å²) in [7, 11) is 0. The fourth-order valence-corrected chi connectivity index (χ4v) is 2.70. The number of halogens is 1. The van der Waals surface area contributed by atoms with Crippen molar-refractivity contribution in [3.63, 3.8) is 0 Å². The van der Waals surface area contributed by atoms with E-state index in [4.69, 9.17) is 10.5 Å². The smallest absolute Gasteiger partial charge is 0.0469 e. The Balaban J connectivity index is 0.00000128. The summed E-state index contributed by atoms with van der Waals surface area (Å²) >= 11 is 0. The Morgan fingerprint density at radius 2 is 1.62 bits per heavy atom. The molecule has 96 valence electrons. The molecule has 0 saturated carbocycles. The van der Waals surface area contributed by atoms with E-state index in [-0.39, 0.29) is 12.4 Å². The number of hydrogen-bond acceptors (Lipinski definition) is 3. The Morgan fingerprint density at radius 3 is 2.19 bits per heavy atom. The van der Waals surface area contributed by atoms with Gasteiger partial charge < -0.3 is 15.4 Å². The summed E-state index contributed by atoms with van der Waals surface area (Å²) in [5.74, 6) is 1.67. The van der Waals surface area contributed by atoms with Crippen molar-refractivity contribution in [3.8, 4) is 0 Å². The fraction of sp³-hybridized carbons (Fsp3) is 1.00. The summed E-state index contributed by atoms with van der Waals surface area (Å²) in [4.78, 5) is 2.63. The summed E-state index contributed by atoms with van der Waals surface area (Å²) in [6.45, 7) is 6.65. The maximum atomic E-state index is 5.70. The van der Waals surface area contributed by atoms with Crippen molar-refractivity contribution >= 4 is 12.4 Å². The minimum absolute atomic E-state index is 0. The van der Waals surface area contributed by atoms with Gasteiger partial charge in [0.05, 0.1) is 0 Å². The maximum Gasteiger partial charge on any atom is 0.0469 e. The number of likely N-dealkylation sites (tertiary alicyclic amines) is 1. The van der Waals surface area contributed by atoms with Crippen molar-refractivity contribution < 1.29 is 4.74 Å². The van der Waals surface area contributed by atoms with Gasteiger partial charge in [0.1, 0.15) is 0 Å². The van der Waals surface area contributed by atoms with Gasteiger partial charge in [0.25, 0.3) is 0 Å². The highest BCUT2D eigenvalue weighted by atomic mass is 35.5. The summed E-state index contributed by atoms with van der Waals surface area (Å²) in [5, 5.41) is 0. The molecule has 0 aromatic heterocycles. The van der Waals surface area contributed by atoms with Gasteiger partial charge in [-0.1, -0.05) is 0 Å². The van der Waals surface area contributed by atoms with Gasteiger partial charge in [-0.3, -0.25) is 0 Å². The van der Waals surface area contributed by atoms with E-state index in [9.17, 15) is 0 Å². The second-order valence-electron chi connectivity index (χ2n) is 5.04. The minimum Gasteiger partial charge on any atom is -0.381 e. The van der Waals surface area contributed by atoms with Crippen LogP contribution in [0, 0.1) is 11.8 Å². The standard InChI is InChI=1S/C12H24N2O.ClH/c13-9-11-1-5-14(6-2-11)10-12-3-7-15-8-4-12;/h11-12H,1-10,13H2;1H. The van der Waals surface area contributed by atoms with Crippen molar-refractivity contribution in [2.24, 2.45) is 17.6 Å². The molecule has 2 aliphatic rings. The molecule has 0 radical (unpaired) electrons. The van der Waals surface area contributed by atoms with Crippen LogP contribution in [0.3, 0.4) is 0 Å². The third-order valence-electron chi connectivity index (χ3n) is 3.90. The van der Waals surface area contributed by atoms with Crippen LogP contribution in [0.2, 0.25) is 0 Å². The van der Waals surface area contributed by atoms with E-state index in [0.29, 0.717) is 0 Å². The molecule has 0 unspecified atom stereocenters. The van der Waals surface area contributed by atoms with Crippen LogP contribution in [0.1, 0.15) is 25.7 Å². The van der Waals surface area contributed by atoms with Crippen molar-refractivity contribution in [2.45, 2.75) is 25.7 Å². The van der Waals surface area contributed by atoms with Crippen LogP contribution in [0.5, 0.6) is 0 Å². The van der Waals surface area contributed by atoms with Gasteiger partial charge in [-0.25, -0.2) is 0 Å². The van der Waals surface area contributed by atoms with E-state index in [2.05, 4.69) is 4.90 Å². The van der Waals surface area contributed by atoms with Gasteiger partial charge in [0.15, 0.2) is 0 Å². The first kappa shape index (κ1) is 14.2. The number of rotatable bonds is 3. The van der Waals surface area contributed by atoms with Crippen LogP contribution in [-0.2, 0) is 4.74 Å². The predicted molar refractivity (Wildman–Crippen MR) is 69.0 cm³/mol. The van der Waals surface area contributed by atoms with Crippen molar-refractivity contribution in [2.75, 3.05) is 39.4 Å². The molecule has 2 saturated heterocycles. The normalized spacial score (nSPS) is 25.3. The molecule has 0 atom stereocenters. The molecule has 2 heterocycles. The number of nitrogens with zero attached hydrogens (tertiary/aromatic N) is 1. The molecule has 0 aliphatic carbocycles. The van der Waals surface area contributed by atoms with Gasteiger partial charge in [-0.2, -0.15) is 0 Å². The number of nitrogens with two attached hydrogens (primary N) is 1. The summed E-state index contributed by atoms with van der Waals surface area (Å²) in [5.41, 5.74) is 5.70. The fourth-order valence-electron chi connectivity index (χ4n) is 2.70. The molecule has 0 amide bonds. The number of piperidine rings is 1. The highest BCUT2D eigenvalue weighted by Gasteiger charge is 2.21. The molecule has 0 aromatic rings. The third-order valence-corrected chi connectivity index (χ3v) is 3.90. The SMILES string of the molecule is Cl.NCC1CCN(CC2CCOCC2)CC1. The zero-order valence-corrected chi connectivity index (χ0v) is 10.9. The lowest BCUT2D eigenvalue weighted by Crippen LogP contribution is -2.39. The zero-order valence-electron chi connectivity index (χ0n) is 10.1. The van der Waals surface area contributed by atoms with Crippen molar-refractivity contribution in [1.82, 2.24) is 4.90 Å². The molecular formula is C12H25ClN2O. The number of ether oxygens (including phenoxy) is 1. The Kier molecular flexibility index (Phi) is 6.66. The summed E-state index contributed by atoms with van der Waals surface area (Å²) < 4.78 is 5.39. The molecule has 0 spiro atoms. The van der Waals surface area contributed by atoms with Gasteiger partial charge in [0, 0.05) is 19.8 Å². The van der Waals surface area contributed by atoms with Gasteiger partial charge in [-0.15, -0.1) is 12.4 Å². The van der Waals surface area contributed by atoms with Crippen LogP contribution in [-0.4, -0.2) is 44.3 Å². The Hall–Kier alpha value is 0.170. The average molecular weight is 249 g/mol. The van der Waals surface area contributed by atoms with Crippen molar-refractivity contribution in [3.05, 3.63) is 0 Å². The van der Waals surface area contributed by atoms with Crippen LogP contribution >= 0.6 is 12.4 Å². The summed E-state index contributed by atoms with van der Waals surface area (Å²) in [6, 6.07) is 0. The van der Waals surface area contributed by atoms with E-state index < -0.39 is 0 Å². The molecule has 2 fully saturated rings. The highest BCUT2D eigenvalue weighted by Crippen LogP contribution is 2.20. The van der Waals surface area contributed by atoms with Crippen LogP contribution in [0.15, 0.2) is 0 Å². The predicted octanol–water partition coefficient (Wildman–Crippen LogP) is 1.51. The molecule has 3 nitrogen and oxygen atoms in total. The zero-order chi connectivity index (χ0) is 10.5. The molecule has 0 aromatic carbocycles. The lowest BCUT2D eigenvalue weighted by atomic mass is 9.94. The first-order valence-corrected chi connectivity index (χ1v) is 6.38. The van der Waals surface area contributed by atoms with Crippen LogP contribution < -0.4 is 5.73 Å². The second kappa shape index (κ2) is 7.49. The van der Waals surface area contributed by atoms with E-state index in [1.165, 1.54) is 45.3 Å². The molecule has 2 N–H and O–H groups in total. The van der Waals surface area contributed by atoms with Gasteiger partial charge >= 0.3 is 0 Å². The second-order valence-corrected chi connectivity index (χ2v) is 5.04. The van der Waals surface area contributed by atoms with Gasteiger partial charge in [-0.05, 0) is 57.2 Å². The minimum atomic E-state index is 0. The molecular weight excluding hydrogens is 224 g/mol. The molecule has 4 heteroatoms.